The van der Waals surface area contributed by atoms with Crippen molar-refractivity contribution in [3.8, 4) is 0 Å². The number of likely N-dealkylation sites (N-methyl/N-ethyl adjacent to an activating group) is 1. The van der Waals surface area contributed by atoms with E-state index < -0.39 is 0 Å². The van der Waals surface area contributed by atoms with E-state index in [2.05, 4.69) is 20.1 Å². The molecule has 0 aromatic heterocycles. The Labute approximate surface area is 174 Å². The van der Waals surface area contributed by atoms with Gasteiger partial charge in [0, 0.05) is 66.5 Å². The molecule has 9 nitrogen and oxygen atoms in total. The van der Waals surface area contributed by atoms with Crippen LogP contribution in [0.3, 0.4) is 0 Å². The molecule has 3 aliphatic heterocycles. The number of hydrogen-bond acceptors (Lipinski definition) is 5. The van der Waals surface area contributed by atoms with Crippen molar-refractivity contribution in [3.63, 3.8) is 0 Å². The highest BCUT2D eigenvalue weighted by Gasteiger charge is 2.25. The number of rotatable bonds is 6. The fourth-order valence-electron chi connectivity index (χ4n) is 3.94. The average molecular weight is 409 g/mol. The summed E-state index contributed by atoms with van der Waals surface area (Å²) in [6, 6.07) is 0. The Morgan fingerprint density at radius 3 is 2.38 bits per heavy atom. The lowest BCUT2D eigenvalue weighted by Crippen LogP contribution is -2.55. The van der Waals surface area contributed by atoms with Crippen LogP contribution in [0.5, 0.6) is 0 Å². The third-order valence-electron chi connectivity index (χ3n) is 5.86. The number of aliphatic imine (C=N–C) groups is 1. The summed E-state index contributed by atoms with van der Waals surface area (Å²) in [6.07, 6.45) is 4.62. The number of carbonyl (C=O) groups excluding carboxylic acids is 2. The number of nitrogens with one attached hydrogen (secondary N) is 1. The highest BCUT2D eigenvalue weighted by molar-refractivity contribution is 5.85. The Hall–Kier alpha value is -1.87. The predicted octanol–water partition coefficient (Wildman–Crippen LogP) is -0.561. The van der Waals surface area contributed by atoms with Gasteiger partial charge >= 0.3 is 0 Å². The van der Waals surface area contributed by atoms with E-state index in [1.54, 1.807) is 19.0 Å². The molecule has 1 atom stereocenters. The Balaban J connectivity index is 1.51. The van der Waals surface area contributed by atoms with E-state index in [9.17, 15) is 9.59 Å². The van der Waals surface area contributed by atoms with Crippen LogP contribution in [-0.4, -0.2) is 123 Å². The summed E-state index contributed by atoms with van der Waals surface area (Å²) in [5.41, 5.74) is 0. The molecule has 0 aliphatic carbocycles. The lowest BCUT2D eigenvalue weighted by atomic mass is 10.2. The van der Waals surface area contributed by atoms with Gasteiger partial charge in [-0.2, -0.15) is 0 Å². The van der Waals surface area contributed by atoms with E-state index in [-0.39, 0.29) is 24.5 Å². The van der Waals surface area contributed by atoms with Crippen molar-refractivity contribution < 1.29 is 14.3 Å². The zero-order chi connectivity index (χ0) is 20.6. The fraction of sp³-hybridized carbons (Fsp3) is 0.850. The summed E-state index contributed by atoms with van der Waals surface area (Å²) in [5, 5.41) is 3.41. The summed E-state index contributed by atoms with van der Waals surface area (Å²) >= 11 is 0. The molecular formula is C20H36N6O3. The van der Waals surface area contributed by atoms with Gasteiger partial charge in [0.15, 0.2) is 5.96 Å². The summed E-state index contributed by atoms with van der Waals surface area (Å²) in [4.78, 5) is 36.9. The summed E-state index contributed by atoms with van der Waals surface area (Å²) in [6.45, 7) is 7.21. The quantitative estimate of drug-likeness (QED) is 0.469. The number of ether oxygens (including phenoxy) is 1. The van der Waals surface area contributed by atoms with E-state index in [0.29, 0.717) is 13.1 Å². The molecule has 3 heterocycles. The molecule has 2 amide bonds. The Kier molecular flexibility index (Phi) is 8.11. The molecule has 0 bridgehead atoms. The van der Waals surface area contributed by atoms with Crippen LogP contribution in [0.25, 0.3) is 0 Å². The lowest BCUT2D eigenvalue weighted by molar-refractivity contribution is -0.131. The van der Waals surface area contributed by atoms with Gasteiger partial charge in [0.2, 0.25) is 11.8 Å². The molecule has 0 aromatic carbocycles. The number of carbonyl (C=O) groups is 2. The maximum Gasteiger partial charge on any atom is 0.243 e. The van der Waals surface area contributed by atoms with E-state index in [1.165, 1.54) is 0 Å². The average Bonchev–Trinajstić information content (AvgIpc) is 3.42. The van der Waals surface area contributed by atoms with Crippen LogP contribution in [-0.2, 0) is 14.3 Å². The number of nitrogens with zero attached hydrogens (tertiary/aromatic N) is 5. The molecule has 3 aliphatic rings. The maximum atomic E-state index is 12.4. The van der Waals surface area contributed by atoms with Crippen LogP contribution in [0.4, 0.5) is 0 Å². The van der Waals surface area contributed by atoms with E-state index in [0.717, 1.165) is 77.5 Å². The smallest absolute Gasteiger partial charge is 0.243 e. The van der Waals surface area contributed by atoms with Crippen LogP contribution in [0.15, 0.2) is 4.99 Å². The number of piperazine rings is 1. The van der Waals surface area contributed by atoms with Crippen molar-refractivity contribution in [2.45, 2.75) is 31.8 Å². The van der Waals surface area contributed by atoms with Crippen molar-refractivity contribution in [3.05, 3.63) is 0 Å². The molecule has 9 heteroatoms. The third-order valence-corrected chi connectivity index (χ3v) is 5.86. The molecule has 0 spiro atoms. The molecule has 3 saturated heterocycles. The van der Waals surface area contributed by atoms with Crippen LogP contribution in [0.2, 0.25) is 0 Å². The Bertz CT molecular complexity index is 577. The van der Waals surface area contributed by atoms with Gasteiger partial charge in [-0.25, -0.2) is 4.99 Å². The molecule has 3 rings (SSSR count). The molecule has 3 fully saturated rings. The normalized spacial score (nSPS) is 23.5. The molecule has 1 unspecified atom stereocenters. The van der Waals surface area contributed by atoms with Crippen molar-refractivity contribution >= 4 is 17.8 Å². The first-order chi connectivity index (χ1) is 14.0. The maximum absolute atomic E-state index is 12.4. The van der Waals surface area contributed by atoms with Crippen LogP contribution >= 0.6 is 0 Å². The van der Waals surface area contributed by atoms with Crippen LogP contribution < -0.4 is 5.32 Å². The highest BCUT2D eigenvalue weighted by Crippen LogP contribution is 2.12. The van der Waals surface area contributed by atoms with Gasteiger partial charge in [0.1, 0.15) is 6.54 Å². The second-order valence-corrected chi connectivity index (χ2v) is 8.30. The van der Waals surface area contributed by atoms with Crippen LogP contribution in [0.1, 0.15) is 25.7 Å². The minimum absolute atomic E-state index is 0.0173. The molecule has 164 valence electrons. The Morgan fingerprint density at radius 2 is 1.76 bits per heavy atom. The molecule has 0 radical (unpaired) electrons. The van der Waals surface area contributed by atoms with Gasteiger partial charge in [-0.3, -0.25) is 14.5 Å². The zero-order valence-corrected chi connectivity index (χ0v) is 17.9. The van der Waals surface area contributed by atoms with Gasteiger partial charge in [0.05, 0.1) is 12.6 Å². The second kappa shape index (κ2) is 10.8. The van der Waals surface area contributed by atoms with E-state index in [1.807, 2.05) is 4.90 Å². The number of amides is 2. The molecule has 29 heavy (non-hydrogen) atoms. The van der Waals surface area contributed by atoms with Crippen LogP contribution in [0, 0.1) is 0 Å². The summed E-state index contributed by atoms with van der Waals surface area (Å²) in [7, 11) is 3.49. The lowest BCUT2D eigenvalue weighted by Gasteiger charge is -2.37. The minimum atomic E-state index is -0.0173. The predicted molar refractivity (Wildman–Crippen MR) is 112 cm³/mol. The molecular weight excluding hydrogens is 372 g/mol. The largest absolute Gasteiger partial charge is 0.376 e. The first-order valence-corrected chi connectivity index (χ1v) is 10.9. The standard InChI is InChI=1S/C20H36N6O3/c1-23(2)18(27)15-22-20(21-14-17-6-5-13-29-17)26-11-9-24(10-12-26)16-19(28)25-7-3-4-8-25/h17H,3-16H2,1-2H3,(H,21,22). The Morgan fingerprint density at radius 1 is 1.03 bits per heavy atom. The first-order valence-electron chi connectivity index (χ1n) is 10.9. The topological polar surface area (TPSA) is 80.7 Å². The second-order valence-electron chi connectivity index (χ2n) is 8.30. The SMILES string of the molecule is CN(C)C(=O)CN=C(NCC1CCCO1)N1CCN(CC(=O)N2CCCC2)CC1. The van der Waals surface area contributed by atoms with Crippen molar-refractivity contribution in [1.82, 2.24) is 24.9 Å². The zero-order valence-electron chi connectivity index (χ0n) is 17.9. The van der Waals surface area contributed by atoms with E-state index in [4.69, 9.17) is 4.74 Å². The van der Waals surface area contributed by atoms with Gasteiger partial charge in [-0.1, -0.05) is 0 Å². The third kappa shape index (κ3) is 6.57. The summed E-state index contributed by atoms with van der Waals surface area (Å²) < 4.78 is 5.70. The van der Waals surface area contributed by atoms with Crippen molar-refractivity contribution in [2.24, 2.45) is 4.99 Å². The molecule has 0 saturated carbocycles. The van der Waals surface area contributed by atoms with E-state index >= 15 is 0 Å². The van der Waals surface area contributed by atoms with Gasteiger partial charge < -0.3 is 24.8 Å². The van der Waals surface area contributed by atoms with Crippen molar-refractivity contribution in [2.75, 3.05) is 79.6 Å². The van der Waals surface area contributed by atoms with Gasteiger partial charge in [-0.15, -0.1) is 0 Å². The molecule has 1 N–H and O–H groups in total. The number of likely N-dealkylation sites (tertiary alicyclic amines) is 1. The van der Waals surface area contributed by atoms with Gasteiger partial charge in [-0.05, 0) is 25.7 Å². The van der Waals surface area contributed by atoms with Crippen molar-refractivity contribution in [1.29, 1.82) is 0 Å². The monoisotopic (exact) mass is 408 g/mol. The minimum Gasteiger partial charge on any atom is -0.376 e. The van der Waals surface area contributed by atoms with Gasteiger partial charge in [0.25, 0.3) is 0 Å². The fourth-order valence-corrected chi connectivity index (χ4v) is 3.94. The highest BCUT2D eigenvalue weighted by atomic mass is 16.5. The number of guanidine groups is 1. The number of hydrogen-bond donors (Lipinski definition) is 1. The molecule has 0 aromatic rings. The summed E-state index contributed by atoms with van der Waals surface area (Å²) in [5.74, 6) is 0.996. The first kappa shape index (κ1) is 21.8.